The van der Waals surface area contributed by atoms with E-state index >= 15 is 0 Å². The van der Waals surface area contributed by atoms with E-state index in [9.17, 15) is 9.59 Å². The second kappa shape index (κ2) is 3.71. The van der Waals surface area contributed by atoms with Gasteiger partial charge in [0.15, 0.2) is 6.29 Å². The molecule has 0 heterocycles. The zero-order chi connectivity index (χ0) is 10.7. The Labute approximate surface area is 80.4 Å². The number of carbonyl (C=O) groups excluding carboxylic acids is 1. The van der Waals surface area contributed by atoms with E-state index in [1.807, 2.05) is 6.07 Å². The molecule has 0 aliphatic heterocycles. The molecule has 0 atom stereocenters. The van der Waals surface area contributed by atoms with Gasteiger partial charge in [0.1, 0.15) is 0 Å². The molecule has 0 aliphatic carbocycles. The van der Waals surface area contributed by atoms with Crippen molar-refractivity contribution in [2.24, 2.45) is 0 Å². The molecular weight excluding hydrogens is 182 g/mol. The van der Waals surface area contributed by atoms with Crippen molar-refractivity contribution in [2.75, 3.05) is 0 Å². The third-order valence-corrected chi connectivity index (χ3v) is 1.86. The van der Waals surface area contributed by atoms with E-state index < -0.39 is 5.97 Å². The molecular formula is C10H7NO3. The second-order valence-corrected chi connectivity index (χ2v) is 2.79. The van der Waals surface area contributed by atoms with Gasteiger partial charge >= 0.3 is 5.97 Å². The number of carbonyl (C=O) groups is 2. The first-order chi connectivity index (χ1) is 6.60. The van der Waals surface area contributed by atoms with Crippen molar-refractivity contribution in [3.63, 3.8) is 0 Å². The Morgan fingerprint density at radius 3 is 2.64 bits per heavy atom. The normalized spacial score (nSPS) is 9.14. The van der Waals surface area contributed by atoms with Crippen molar-refractivity contribution in [1.82, 2.24) is 0 Å². The van der Waals surface area contributed by atoms with Gasteiger partial charge in [0.05, 0.1) is 17.2 Å². The monoisotopic (exact) mass is 189 g/mol. The highest BCUT2D eigenvalue weighted by atomic mass is 16.4. The van der Waals surface area contributed by atoms with Gasteiger partial charge in [0.25, 0.3) is 0 Å². The molecule has 0 aromatic heterocycles. The van der Waals surface area contributed by atoms with Crippen LogP contribution in [0, 0.1) is 18.3 Å². The van der Waals surface area contributed by atoms with Gasteiger partial charge in [0.2, 0.25) is 0 Å². The highest BCUT2D eigenvalue weighted by Gasteiger charge is 2.13. The third-order valence-electron chi connectivity index (χ3n) is 1.86. The number of hydrogen-bond donors (Lipinski definition) is 1. The topological polar surface area (TPSA) is 78.2 Å². The number of nitriles is 1. The Hall–Kier alpha value is -2.15. The van der Waals surface area contributed by atoms with E-state index in [1.54, 1.807) is 6.92 Å². The summed E-state index contributed by atoms with van der Waals surface area (Å²) in [6.45, 7) is 1.59. The van der Waals surface area contributed by atoms with Crippen molar-refractivity contribution in [3.8, 4) is 6.07 Å². The first-order valence-corrected chi connectivity index (χ1v) is 3.83. The van der Waals surface area contributed by atoms with Crippen LogP contribution in [0.5, 0.6) is 0 Å². The Bertz CT molecular complexity index is 443. The van der Waals surface area contributed by atoms with Crippen LogP contribution in [0.15, 0.2) is 12.1 Å². The molecule has 1 aromatic rings. The number of aldehydes is 1. The first-order valence-electron chi connectivity index (χ1n) is 3.83. The fourth-order valence-corrected chi connectivity index (χ4v) is 1.20. The van der Waals surface area contributed by atoms with Crippen molar-refractivity contribution >= 4 is 12.3 Å². The van der Waals surface area contributed by atoms with Gasteiger partial charge in [0, 0.05) is 5.56 Å². The predicted molar refractivity (Wildman–Crippen MR) is 48.2 cm³/mol. The number of carboxylic acid groups (broad SMARTS) is 1. The smallest absolute Gasteiger partial charge is 0.336 e. The molecule has 0 saturated carbocycles. The second-order valence-electron chi connectivity index (χ2n) is 2.79. The number of benzene rings is 1. The molecule has 1 N–H and O–H groups in total. The summed E-state index contributed by atoms with van der Waals surface area (Å²) in [7, 11) is 0. The number of aromatic carboxylic acids is 1. The maximum Gasteiger partial charge on any atom is 0.336 e. The molecule has 0 amide bonds. The number of aryl methyl sites for hydroxylation is 1. The number of carboxylic acids is 1. The quantitative estimate of drug-likeness (QED) is 0.713. The van der Waals surface area contributed by atoms with Crippen LogP contribution in [0.1, 0.15) is 31.8 Å². The molecule has 0 fully saturated rings. The predicted octanol–water partition coefficient (Wildman–Crippen LogP) is 1.38. The van der Waals surface area contributed by atoms with Crippen LogP contribution in [-0.2, 0) is 0 Å². The minimum Gasteiger partial charge on any atom is -0.478 e. The summed E-state index contributed by atoms with van der Waals surface area (Å²) in [5, 5.41) is 17.4. The van der Waals surface area contributed by atoms with E-state index in [0.29, 0.717) is 11.8 Å². The molecule has 0 bridgehead atoms. The fraction of sp³-hybridized carbons (Fsp3) is 0.100. The van der Waals surface area contributed by atoms with Gasteiger partial charge in [-0.1, -0.05) is 0 Å². The van der Waals surface area contributed by atoms with Crippen LogP contribution < -0.4 is 0 Å². The van der Waals surface area contributed by atoms with Gasteiger partial charge in [-0.25, -0.2) is 4.79 Å². The van der Waals surface area contributed by atoms with Gasteiger partial charge in [-0.3, -0.25) is 4.79 Å². The molecule has 0 spiro atoms. The van der Waals surface area contributed by atoms with Crippen LogP contribution in [0.3, 0.4) is 0 Å². The maximum atomic E-state index is 10.7. The Morgan fingerprint density at radius 1 is 1.57 bits per heavy atom. The SMILES string of the molecule is Cc1cc(C#N)cc(C(=O)O)c1C=O. The molecule has 4 nitrogen and oxygen atoms in total. The number of rotatable bonds is 2. The Balaban J connectivity index is 3.53. The Morgan fingerprint density at radius 2 is 2.21 bits per heavy atom. The van der Waals surface area contributed by atoms with Crippen molar-refractivity contribution < 1.29 is 14.7 Å². The highest BCUT2D eigenvalue weighted by molar-refractivity contribution is 5.98. The van der Waals surface area contributed by atoms with Crippen LogP contribution in [0.2, 0.25) is 0 Å². The fourth-order valence-electron chi connectivity index (χ4n) is 1.20. The Kier molecular flexibility index (Phi) is 2.63. The molecule has 0 radical (unpaired) electrons. The molecule has 14 heavy (non-hydrogen) atoms. The zero-order valence-corrected chi connectivity index (χ0v) is 7.44. The maximum absolute atomic E-state index is 10.7. The number of nitrogens with zero attached hydrogens (tertiary/aromatic N) is 1. The van der Waals surface area contributed by atoms with Crippen LogP contribution in [0.4, 0.5) is 0 Å². The first kappa shape index (κ1) is 9.93. The lowest BCUT2D eigenvalue weighted by Crippen LogP contribution is -2.04. The lowest BCUT2D eigenvalue weighted by molar-refractivity contribution is 0.0694. The minimum absolute atomic E-state index is 0.122. The van der Waals surface area contributed by atoms with E-state index in [-0.39, 0.29) is 16.7 Å². The van der Waals surface area contributed by atoms with E-state index in [1.165, 1.54) is 12.1 Å². The summed E-state index contributed by atoms with van der Waals surface area (Å²) < 4.78 is 0. The van der Waals surface area contributed by atoms with Crippen LogP contribution in [0.25, 0.3) is 0 Å². The van der Waals surface area contributed by atoms with Crippen LogP contribution >= 0.6 is 0 Å². The largest absolute Gasteiger partial charge is 0.478 e. The highest BCUT2D eigenvalue weighted by Crippen LogP contribution is 2.15. The van der Waals surface area contributed by atoms with Crippen molar-refractivity contribution in [3.05, 3.63) is 34.4 Å². The third kappa shape index (κ3) is 1.62. The zero-order valence-electron chi connectivity index (χ0n) is 7.44. The summed E-state index contributed by atoms with van der Waals surface area (Å²) in [6.07, 6.45) is 0.486. The summed E-state index contributed by atoms with van der Waals surface area (Å²) in [5.74, 6) is -1.20. The molecule has 1 rings (SSSR count). The summed E-state index contributed by atoms with van der Waals surface area (Å²) in [4.78, 5) is 21.3. The average molecular weight is 189 g/mol. The van der Waals surface area contributed by atoms with Crippen LogP contribution in [-0.4, -0.2) is 17.4 Å². The summed E-state index contributed by atoms with van der Waals surface area (Å²) >= 11 is 0. The van der Waals surface area contributed by atoms with Crippen molar-refractivity contribution in [1.29, 1.82) is 5.26 Å². The van der Waals surface area contributed by atoms with Gasteiger partial charge in [-0.2, -0.15) is 5.26 Å². The molecule has 4 heteroatoms. The van der Waals surface area contributed by atoms with Gasteiger partial charge < -0.3 is 5.11 Å². The number of hydrogen-bond acceptors (Lipinski definition) is 3. The summed E-state index contributed by atoms with van der Waals surface area (Å²) in [6, 6.07) is 4.51. The lowest BCUT2D eigenvalue weighted by Gasteiger charge is -2.03. The van der Waals surface area contributed by atoms with E-state index in [0.717, 1.165) is 0 Å². The van der Waals surface area contributed by atoms with E-state index in [2.05, 4.69) is 0 Å². The standard InChI is InChI=1S/C10H7NO3/c1-6-2-7(4-11)3-8(10(13)14)9(6)5-12/h2-3,5H,1H3,(H,13,14). The lowest BCUT2D eigenvalue weighted by atomic mass is 10.00. The van der Waals surface area contributed by atoms with Gasteiger partial charge in [-0.05, 0) is 24.6 Å². The molecule has 0 unspecified atom stereocenters. The molecule has 0 saturated heterocycles. The van der Waals surface area contributed by atoms with E-state index in [4.69, 9.17) is 10.4 Å². The molecule has 1 aromatic carbocycles. The molecule has 70 valence electrons. The van der Waals surface area contributed by atoms with Gasteiger partial charge in [-0.15, -0.1) is 0 Å². The minimum atomic E-state index is -1.20. The average Bonchev–Trinajstić information content (AvgIpc) is 2.16. The molecule has 0 aliphatic rings. The van der Waals surface area contributed by atoms with Crippen molar-refractivity contribution in [2.45, 2.75) is 6.92 Å². The summed E-state index contributed by atoms with van der Waals surface area (Å²) in [5.41, 5.74) is 0.731.